The lowest BCUT2D eigenvalue weighted by Crippen LogP contribution is -2.43. The van der Waals surface area contributed by atoms with Gasteiger partial charge in [0.05, 0.1) is 0 Å². The van der Waals surface area contributed by atoms with Crippen LogP contribution in [0.2, 0.25) is 0 Å². The highest BCUT2D eigenvalue weighted by Gasteiger charge is 2.24. The van der Waals surface area contributed by atoms with Gasteiger partial charge in [-0.25, -0.2) is 0 Å². The van der Waals surface area contributed by atoms with Crippen LogP contribution in [0.15, 0.2) is 48.5 Å². The SMILES string of the molecule is Cc1cc(I)ccc1NC(=O)C(=O)N(Cc1ccccc1)C(C)C. The molecule has 0 heterocycles. The number of halogens is 1. The zero-order valence-electron chi connectivity index (χ0n) is 14.0. The van der Waals surface area contributed by atoms with Crippen LogP contribution >= 0.6 is 22.6 Å². The Morgan fingerprint density at radius 2 is 1.79 bits per heavy atom. The molecule has 24 heavy (non-hydrogen) atoms. The number of amides is 2. The van der Waals surface area contributed by atoms with Crippen molar-refractivity contribution in [1.29, 1.82) is 0 Å². The summed E-state index contributed by atoms with van der Waals surface area (Å²) in [4.78, 5) is 26.5. The second-order valence-electron chi connectivity index (χ2n) is 5.93. The number of aryl methyl sites for hydroxylation is 1. The molecule has 2 amide bonds. The molecule has 0 unspecified atom stereocenters. The zero-order valence-corrected chi connectivity index (χ0v) is 16.2. The van der Waals surface area contributed by atoms with Crippen molar-refractivity contribution in [3.8, 4) is 0 Å². The molecule has 2 rings (SSSR count). The predicted molar refractivity (Wildman–Crippen MR) is 105 cm³/mol. The number of hydrogen-bond acceptors (Lipinski definition) is 2. The predicted octanol–water partition coefficient (Wildman–Crippen LogP) is 3.98. The minimum Gasteiger partial charge on any atom is -0.328 e. The Hall–Kier alpha value is -1.89. The van der Waals surface area contributed by atoms with Gasteiger partial charge >= 0.3 is 11.8 Å². The van der Waals surface area contributed by atoms with Gasteiger partial charge in [-0.1, -0.05) is 30.3 Å². The maximum Gasteiger partial charge on any atom is 0.313 e. The number of anilines is 1. The van der Waals surface area contributed by atoms with Crippen molar-refractivity contribution in [3.63, 3.8) is 0 Å². The summed E-state index contributed by atoms with van der Waals surface area (Å²) in [6.07, 6.45) is 0. The smallest absolute Gasteiger partial charge is 0.313 e. The summed E-state index contributed by atoms with van der Waals surface area (Å²) in [5.41, 5.74) is 2.59. The highest BCUT2D eigenvalue weighted by Crippen LogP contribution is 2.18. The van der Waals surface area contributed by atoms with Crippen LogP contribution < -0.4 is 5.32 Å². The summed E-state index contributed by atoms with van der Waals surface area (Å²) in [6.45, 7) is 6.14. The molecule has 0 saturated carbocycles. The first-order valence-corrected chi connectivity index (χ1v) is 8.88. The highest BCUT2D eigenvalue weighted by molar-refractivity contribution is 14.1. The van der Waals surface area contributed by atoms with Crippen molar-refractivity contribution in [3.05, 3.63) is 63.2 Å². The Labute approximate surface area is 156 Å². The van der Waals surface area contributed by atoms with Crippen molar-refractivity contribution < 1.29 is 9.59 Å². The van der Waals surface area contributed by atoms with E-state index in [4.69, 9.17) is 0 Å². The molecule has 0 aliphatic heterocycles. The highest BCUT2D eigenvalue weighted by atomic mass is 127. The molecule has 0 spiro atoms. The zero-order chi connectivity index (χ0) is 17.7. The van der Waals surface area contributed by atoms with Crippen LogP contribution in [0.4, 0.5) is 5.69 Å². The Morgan fingerprint density at radius 1 is 1.12 bits per heavy atom. The minimum absolute atomic E-state index is 0.0683. The van der Waals surface area contributed by atoms with Gasteiger partial charge in [-0.3, -0.25) is 9.59 Å². The molecule has 0 aliphatic carbocycles. The molecule has 2 aromatic carbocycles. The van der Waals surface area contributed by atoms with Crippen molar-refractivity contribution in [2.24, 2.45) is 0 Å². The average Bonchev–Trinajstić information content (AvgIpc) is 2.55. The third-order valence-corrected chi connectivity index (χ3v) is 4.38. The van der Waals surface area contributed by atoms with Gasteiger partial charge in [0, 0.05) is 21.8 Å². The Bertz CT molecular complexity index is 729. The monoisotopic (exact) mass is 436 g/mol. The number of carbonyl (C=O) groups excluding carboxylic acids is 2. The van der Waals surface area contributed by atoms with Crippen LogP contribution in [0.5, 0.6) is 0 Å². The number of carbonyl (C=O) groups is 2. The molecular formula is C19H21IN2O2. The molecule has 0 bridgehead atoms. The first-order chi connectivity index (χ1) is 11.4. The summed E-state index contributed by atoms with van der Waals surface area (Å²) < 4.78 is 1.09. The van der Waals surface area contributed by atoms with Crippen molar-refractivity contribution in [2.45, 2.75) is 33.4 Å². The van der Waals surface area contributed by atoms with Crippen LogP contribution in [0, 0.1) is 10.5 Å². The number of nitrogens with one attached hydrogen (secondary N) is 1. The second kappa shape index (κ2) is 8.28. The van der Waals surface area contributed by atoms with Gasteiger partial charge in [-0.05, 0) is 72.7 Å². The molecule has 126 valence electrons. The lowest BCUT2D eigenvalue weighted by Gasteiger charge is -2.26. The van der Waals surface area contributed by atoms with E-state index in [2.05, 4.69) is 27.9 Å². The molecule has 4 nitrogen and oxygen atoms in total. The van der Waals surface area contributed by atoms with Crippen molar-refractivity contribution in [2.75, 3.05) is 5.32 Å². The van der Waals surface area contributed by atoms with Gasteiger partial charge in [0.1, 0.15) is 0 Å². The van der Waals surface area contributed by atoms with Crippen LogP contribution in [0.25, 0.3) is 0 Å². The fourth-order valence-electron chi connectivity index (χ4n) is 2.34. The summed E-state index contributed by atoms with van der Waals surface area (Å²) in [6, 6.07) is 15.3. The lowest BCUT2D eigenvalue weighted by atomic mass is 10.1. The van der Waals surface area contributed by atoms with Crippen LogP contribution in [-0.2, 0) is 16.1 Å². The molecular weight excluding hydrogens is 415 g/mol. The maximum atomic E-state index is 12.6. The quantitative estimate of drug-likeness (QED) is 0.583. The van der Waals surface area contributed by atoms with E-state index in [1.54, 1.807) is 4.90 Å². The summed E-state index contributed by atoms with van der Waals surface area (Å²) in [5.74, 6) is -1.13. The van der Waals surface area contributed by atoms with Gasteiger partial charge in [0.2, 0.25) is 0 Å². The number of hydrogen-bond donors (Lipinski definition) is 1. The molecule has 2 aromatic rings. The van der Waals surface area contributed by atoms with E-state index in [1.807, 2.05) is 69.3 Å². The topological polar surface area (TPSA) is 49.4 Å². The van der Waals surface area contributed by atoms with E-state index in [9.17, 15) is 9.59 Å². The summed E-state index contributed by atoms with van der Waals surface area (Å²) in [7, 11) is 0. The molecule has 0 atom stereocenters. The largest absolute Gasteiger partial charge is 0.328 e. The van der Waals surface area contributed by atoms with Crippen LogP contribution in [-0.4, -0.2) is 22.8 Å². The Kier molecular flexibility index (Phi) is 6.36. The minimum atomic E-state index is -0.607. The fraction of sp³-hybridized carbons (Fsp3) is 0.263. The van der Waals surface area contributed by atoms with Gasteiger partial charge in [0.15, 0.2) is 0 Å². The van der Waals surface area contributed by atoms with E-state index < -0.39 is 11.8 Å². The third kappa shape index (κ3) is 4.80. The van der Waals surface area contributed by atoms with Gasteiger partial charge in [0.25, 0.3) is 0 Å². The molecule has 0 aliphatic rings. The first-order valence-electron chi connectivity index (χ1n) is 7.80. The Morgan fingerprint density at radius 3 is 2.38 bits per heavy atom. The lowest BCUT2D eigenvalue weighted by molar-refractivity contribution is -0.144. The summed E-state index contributed by atoms with van der Waals surface area (Å²) in [5, 5.41) is 2.72. The van der Waals surface area contributed by atoms with E-state index in [0.29, 0.717) is 12.2 Å². The second-order valence-corrected chi connectivity index (χ2v) is 7.17. The van der Waals surface area contributed by atoms with Crippen LogP contribution in [0.1, 0.15) is 25.0 Å². The maximum absolute atomic E-state index is 12.6. The standard InChI is InChI=1S/C19H21IN2O2/c1-13(2)22(12-15-7-5-4-6-8-15)19(24)18(23)21-17-10-9-16(20)11-14(17)3/h4-11,13H,12H2,1-3H3,(H,21,23). The molecule has 0 saturated heterocycles. The molecule has 0 fully saturated rings. The van der Waals surface area contributed by atoms with Gasteiger partial charge in [-0.2, -0.15) is 0 Å². The molecule has 1 N–H and O–H groups in total. The van der Waals surface area contributed by atoms with E-state index >= 15 is 0 Å². The molecule has 0 radical (unpaired) electrons. The van der Waals surface area contributed by atoms with Gasteiger partial charge < -0.3 is 10.2 Å². The number of benzene rings is 2. The number of rotatable bonds is 4. The van der Waals surface area contributed by atoms with Crippen LogP contribution in [0.3, 0.4) is 0 Å². The van der Waals surface area contributed by atoms with Crippen molar-refractivity contribution >= 4 is 40.1 Å². The van der Waals surface area contributed by atoms with Gasteiger partial charge in [-0.15, -0.1) is 0 Å². The van der Waals surface area contributed by atoms with E-state index in [0.717, 1.165) is 14.7 Å². The van der Waals surface area contributed by atoms with Crippen molar-refractivity contribution in [1.82, 2.24) is 4.90 Å². The number of nitrogens with zero attached hydrogens (tertiary/aromatic N) is 1. The fourth-order valence-corrected chi connectivity index (χ4v) is 2.99. The van der Waals surface area contributed by atoms with E-state index in [-0.39, 0.29) is 6.04 Å². The van der Waals surface area contributed by atoms with E-state index in [1.165, 1.54) is 0 Å². The molecule has 0 aromatic heterocycles. The summed E-state index contributed by atoms with van der Waals surface area (Å²) >= 11 is 2.21. The normalized spacial score (nSPS) is 10.5. The Balaban J connectivity index is 2.12. The first kappa shape index (κ1) is 18.4. The average molecular weight is 436 g/mol. The third-order valence-electron chi connectivity index (χ3n) is 3.71. The molecule has 5 heteroatoms.